The van der Waals surface area contributed by atoms with Crippen LogP contribution in [0.4, 0.5) is 11.5 Å². The summed E-state index contributed by atoms with van der Waals surface area (Å²) >= 11 is 0. The molecule has 8 nitrogen and oxygen atoms in total. The predicted octanol–water partition coefficient (Wildman–Crippen LogP) is -0.170. The molecule has 2 rings (SSSR count). The van der Waals surface area contributed by atoms with Crippen LogP contribution in [0.15, 0.2) is 6.20 Å². The summed E-state index contributed by atoms with van der Waals surface area (Å²) in [5.41, 5.74) is -0.0136. The number of hydrogen-bond acceptors (Lipinski definition) is 6. The molecule has 1 fully saturated rings. The third-order valence-electron chi connectivity index (χ3n) is 3.23. The van der Waals surface area contributed by atoms with E-state index in [1.54, 1.807) is 7.05 Å². The number of hydrogen-bond donors (Lipinski definition) is 1. The Hall–Kier alpha value is -1.67. The summed E-state index contributed by atoms with van der Waals surface area (Å²) in [6.07, 6.45) is 1.53. The van der Waals surface area contributed by atoms with Gasteiger partial charge in [0.15, 0.2) is 0 Å². The molecule has 0 saturated carbocycles. The summed E-state index contributed by atoms with van der Waals surface area (Å²) in [6.45, 7) is 1.11. The minimum Gasteiger partial charge on any atom is -0.391 e. The molecule has 106 valence electrons. The van der Waals surface area contributed by atoms with Crippen molar-refractivity contribution in [3.63, 3.8) is 0 Å². The number of β-amino-alcohol motifs (C(OH)–C–C–N with tert-alkyl or cyclic N) is 1. The number of nitro groups is 1. The van der Waals surface area contributed by atoms with Crippen molar-refractivity contribution in [3.8, 4) is 0 Å². The molecule has 1 aromatic heterocycles. The van der Waals surface area contributed by atoms with Crippen LogP contribution in [-0.4, -0.2) is 64.0 Å². The minimum atomic E-state index is -0.466. The monoisotopic (exact) mass is 269 g/mol. The van der Waals surface area contributed by atoms with Crippen molar-refractivity contribution in [3.05, 3.63) is 16.3 Å². The van der Waals surface area contributed by atoms with E-state index in [4.69, 9.17) is 0 Å². The van der Waals surface area contributed by atoms with E-state index in [2.05, 4.69) is 5.10 Å². The average Bonchev–Trinajstić information content (AvgIpc) is 2.81. The van der Waals surface area contributed by atoms with Crippen LogP contribution in [0.1, 0.15) is 6.42 Å². The van der Waals surface area contributed by atoms with E-state index < -0.39 is 11.0 Å². The number of nitrogens with zero attached hydrogens (tertiary/aromatic N) is 5. The second-order valence-corrected chi connectivity index (χ2v) is 5.23. The van der Waals surface area contributed by atoms with Gasteiger partial charge in [-0.2, -0.15) is 0 Å². The molecule has 1 aromatic rings. The molecule has 1 aliphatic rings. The molecular formula is C11H19N5O3. The van der Waals surface area contributed by atoms with Crippen LogP contribution < -0.4 is 4.90 Å². The molecule has 1 aliphatic heterocycles. The molecule has 0 radical (unpaired) electrons. The Morgan fingerprint density at radius 2 is 2.32 bits per heavy atom. The van der Waals surface area contributed by atoms with Gasteiger partial charge in [-0.3, -0.25) is 14.8 Å². The molecule has 0 aliphatic carbocycles. The van der Waals surface area contributed by atoms with Crippen LogP contribution in [0.25, 0.3) is 0 Å². The zero-order chi connectivity index (χ0) is 14.2. The molecule has 0 amide bonds. The quantitative estimate of drug-likeness (QED) is 0.603. The zero-order valence-electron chi connectivity index (χ0n) is 11.4. The maximum atomic E-state index is 11.1. The van der Waals surface area contributed by atoms with Gasteiger partial charge in [-0.15, -0.1) is 5.10 Å². The Kier molecular flexibility index (Phi) is 3.72. The van der Waals surface area contributed by atoms with E-state index in [1.807, 2.05) is 23.9 Å². The van der Waals surface area contributed by atoms with Crippen LogP contribution in [0.5, 0.6) is 0 Å². The summed E-state index contributed by atoms with van der Waals surface area (Å²) in [6, 6.07) is 0.0404. The lowest BCUT2D eigenvalue weighted by atomic mass is 10.2. The number of anilines is 1. The van der Waals surface area contributed by atoms with E-state index in [1.165, 1.54) is 10.9 Å². The highest BCUT2D eigenvalue weighted by Gasteiger charge is 2.36. The fraction of sp³-hybridized carbons (Fsp3) is 0.727. The molecule has 2 atom stereocenters. The number of aromatic nitrogens is 2. The van der Waals surface area contributed by atoms with Gasteiger partial charge in [0, 0.05) is 26.2 Å². The van der Waals surface area contributed by atoms with Crippen molar-refractivity contribution in [2.24, 2.45) is 7.05 Å². The van der Waals surface area contributed by atoms with Crippen LogP contribution in [0.3, 0.4) is 0 Å². The van der Waals surface area contributed by atoms with Crippen LogP contribution >= 0.6 is 0 Å². The van der Waals surface area contributed by atoms with Gasteiger partial charge in [-0.05, 0) is 20.5 Å². The normalized spacial score (nSPS) is 23.3. The number of aliphatic hydroxyl groups excluding tert-OH is 1. The second kappa shape index (κ2) is 5.14. The molecular weight excluding hydrogens is 250 g/mol. The van der Waals surface area contributed by atoms with Crippen molar-refractivity contribution in [2.75, 3.05) is 32.1 Å². The Labute approximate surface area is 111 Å². The van der Waals surface area contributed by atoms with E-state index in [0.29, 0.717) is 18.8 Å². The summed E-state index contributed by atoms with van der Waals surface area (Å²) < 4.78 is 1.44. The fourth-order valence-corrected chi connectivity index (χ4v) is 2.54. The molecule has 19 heavy (non-hydrogen) atoms. The Morgan fingerprint density at radius 3 is 2.89 bits per heavy atom. The lowest BCUT2D eigenvalue weighted by Gasteiger charge is -2.26. The largest absolute Gasteiger partial charge is 0.391 e. The van der Waals surface area contributed by atoms with Gasteiger partial charge in [0.1, 0.15) is 6.20 Å². The van der Waals surface area contributed by atoms with Gasteiger partial charge in [-0.25, -0.2) is 0 Å². The van der Waals surface area contributed by atoms with Crippen LogP contribution in [0.2, 0.25) is 0 Å². The van der Waals surface area contributed by atoms with E-state index in [-0.39, 0.29) is 11.7 Å². The van der Waals surface area contributed by atoms with E-state index in [0.717, 1.165) is 6.54 Å². The zero-order valence-corrected chi connectivity index (χ0v) is 11.4. The lowest BCUT2D eigenvalue weighted by Crippen LogP contribution is -2.38. The highest BCUT2D eigenvalue weighted by Crippen LogP contribution is 2.32. The lowest BCUT2D eigenvalue weighted by molar-refractivity contribution is -0.384. The molecule has 8 heteroatoms. The number of aryl methyl sites for hydroxylation is 1. The first-order chi connectivity index (χ1) is 8.88. The first kappa shape index (κ1) is 13.8. The van der Waals surface area contributed by atoms with Gasteiger partial charge in [0.2, 0.25) is 5.82 Å². The molecule has 1 saturated heterocycles. The van der Waals surface area contributed by atoms with E-state index in [9.17, 15) is 15.2 Å². The van der Waals surface area contributed by atoms with Gasteiger partial charge in [-0.1, -0.05) is 0 Å². The third kappa shape index (κ3) is 2.85. The SMILES string of the molecule is CN(C)CC1CC(O)CN1c1nn(C)cc1[N+](=O)[O-]. The van der Waals surface area contributed by atoms with Crippen molar-refractivity contribution < 1.29 is 10.0 Å². The fourth-order valence-electron chi connectivity index (χ4n) is 2.54. The number of likely N-dealkylation sites (N-methyl/N-ethyl adjacent to an activating group) is 1. The Morgan fingerprint density at radius 1 is 1.63 bits per heavy atom. The molecule has 2 unspecified atom stereocenters. The Bertz CT molecular complexity index is 473. The van der Waals surface area contributed by atoms with Gasteiger partial charge < -0.3 is 14.9 Å². The summed E-state index contributed by atoms with van der Waals surface area (Å²) in [7, 11) is 5.54. The molecule has 2 heterocycles. The smallest absolute Gasteiger partial charge is 0.330 e. The molecule has 1 N–H and O–H groups in total. The highest BCUT2D eigenvalue weighted by molar-refractivity contribution is 5.58. The van der Waals surface area contributed by atoms with Gasteiger partial charge in [0.25, 0.3) is 0 Å². The van der Waals surface area contributed by atoms with Crippen LogP contribution in [0, 0.1) is 10.1 Å². The molecule has 0 aromatic carbocycles. The molecule has 0 spiro atoms. The van der Waals surface area contributed by atoms with Crippen molar-refractivity contribution >= 4 is 11.5 Å². The number of rotatable bonds is 4. The maximum Gasteiger partial charge on any atom is 0.330 e. The molecule has 0 bridgehead atoms. The second-order valence-electron chi connectivity index (χ2n) is 5.23. The maximum absolute atomic E-state index is 11.1. The minimum absolute atomic E-state index is 0.0136. The van der Waals surface area contributed by atoms with Gasteiger partial charge >= 0.3 is 5.69 Å². The predicted molar refractivity (Wildman–Crippen MR) is 70.2 cm³/mol. The van der Waals surface area contributed by atoms with Crippen molar-refractivity contribution in [2.45, 2.75) is 18.6 Å². The summed E-state index contributed by atoms with van der Waals surface area (Å²) in [5.74, 6) is 0.343. The summed E-state index contributed by atoms with van der Waals surface area (Å²) in [5, 5.41) is 25.0. The topological polar surface area (TPSA) is 87.7 Å². The summed E-state index contributed by atoms with van der Waals surface area (Å²) in [4.78, 5) is 14.5. The Balaban J connectivity index is 2.30. The average molecular weight is 269 g/mol. The van der Waals surface area contributed by atoms with Gasteiger partial charge in [0.05, 0.1) is 11.0 Å². The first-order valence-electron chi connectivity index (χ1n) is 6.16. The number of aliphatic hydroxyl groups is 1. The van der Waals surface area contributed by atoms with Crippen LogP contribution in [-0.2, 0) is 7.05 Å². The van der Waals surface area contributed by atoms with Crippen molar-refractivity contribution in [1.29, 1.82) is 0 Å². The van der Waals surface area contributed by atoms with Crippen molar-refractivity contribution in [1.82, 2.24) is 14.7 Å². The standard InChI is InChI=1S/C11H19N5O3/c1-13(2)5-8-4-9(17)6-15(8)11-10(16(18)19)7-14(3)12-11/h7-9,17H,4-6H2,1-3H3. The third-order valence-corrected chi connectivity index (χ3v) is 3.23. The van der Waals surface area contributed by atoms with E-state index >= 15 is 0 Å². The highest BCUT2D eigenvalue weighted by atomic mass is 16.6. The first-order valence-corrected chi connectivity index (χ1v) is 6.16.